The highest BCUT2D eigenvalue weighted by molar-refractivity contribution is 5.86. The molecule has 0 radical (unpaired) electrons. The van der Waals surface area contributed by atoms with Gasteiger partial charge in [0.2, 0.25) is 0 Å². The van der Waals surface area contributed by atoms with Crippen LogP contribution in [0.3, 0.4) is 0 Å². The molecule has 18 heavy (non-hydrogen) atoms. The zero-order valence-corrected chi connectivity index (χ0v) is 10.1. The van der Waals surface area contributed by atoms with E-state index in [-0.39, 0.29) is 0 Å². The van der Waals surface area contributed by atoms with E-state index in [0.29, 0.717) is 31.6 Å². The number of β-amino-alcohol motifs (C(OH)–C–C–N with tert-alkyl or cyclic N) is 1. The average molecular weight is 247 g/mol. The van der Waals surface area contributed by atoms with Crippen LogP contribution >= 0.6 is 0 Å². The molecule has 0 fully saturated rings. The molecule has 0 amide bonds. The minimum atomic E-state index is -0.835. The lowest BCUT2D eigenvalue weighted by molar-refractivity contribution is -0.133. The van der Waals surface area contributed by atoms with E-state index < -0.39 is 12.1 Å². The SMILES string of the molecule is O=C(O)C1=CCN(CC(O)c2ccccc2)CC1. The number of carboxylic acid groups (broad SMARTS) is 1. The fourth-order valence-electron chi connectivity index (χ4n) is 2.10. The molecule has 1 atom stereocenters. The Morgan fingerprint density at radius 1 is 1.33 bits per heavy atom. The van der Waals surface area contributed by atoms with Crippen molar-refractivity contribution in [3.63, 3.8) is 0 Å². The van der Waals surface area contributed by atoms with Crippen molar-refractivity contribution < 1.29 is 15.0 Å². The molecule has 0 spiro atoms. The Morgan fingerprint density at radius 3 is 2.61 bits per heavy atom. The van der Waals surface area contributed by atoms with Crippen molar-refractivity contribution in [2.75, 3.05) is 19.6 Å². The van der Waals surface area contributed by atoms with E-state index in [1.54, 1.807) is 6.08 Å². The number of aliphatic carboxylic acids is 1. The maximum absolute atomic E-state index is 10.8. The molecule has 0 bridgehead atoms. The molecular weight excluding hydrogens is 230 g/mol. The van der Waals surface area contributed by atoms with Crippen LogP contribution < -0.4 is 0 Å². The molecule has 96 valence electrons. The van der Waals surface area contributed by atoms with E-state index in [0.717, 1.165) is 5.56 Å². The molecule has 1 aliphatic rings. The minimum Gasteiger partial charge on any atom is -0.478 e. The first kappa shape index (κ1) is 12.8. The fourth-order valence-corrected chi connectivity index (χ4v) is 2.10. The van der Waals surface area contributed by atoms with Crippen LogP contribution in [0, 0.1) is 0 Å². The summed E-state index contributed by atoms with van der Waals surface area (Å²) in [5.41, 5.74) is 1.37. The number of carboxylic acids is 1. The van der Waals surface area contributed by atoms with E-state index in [1.165, 1.54) is 0 Å². The van der Waals surface area contributed by atoms with Gasteiger partial charge in [-0.15, -0.1) is 0 Å². The predicted octanol–water partition coefficient (Wildman–Crippen LogP) is 1.44. The van der Waals surface area contributed by atoms with Gasteiger partial charge in [-0.05, 0) is 12.0 Å². The Morgan fingerprint density at radius 2 is 2.06 bits per heavy atom. The third-order valence-electron chi connectivity index (χ3n) is 3.18. The van der Waals surface area contributed by atoms with Crippen LogP contribution in [-0.2, 0) is 4.79 Å². The number of carbonyl (C=O) groups is 1. The van der Waals surface area contributed by atoms with Crippen LogP contribution in [0.15, 0.2) is 42.0 Å². The summed E-state index contributed by atoms with van der Waals surface area (Å²) in [5, 5.41) is 18.9. The lowest BCUT2D eigenvalue weighted by Gasteiger charge is -2.27. The number of benzene rings is 1. The van der Waals surface area contributed by atoms with Crippen molar-refractivity contribution in [2.24, 2.45) is 0 Å². The van der Waals surface area contributed by atoms with Gasteiger partial charge in [-0.2, -0.15) is 0 Å². The summed E-state index contributed by atoms with van der Waals surface area (Å²) >= 11 is 0. The topological polar surface area (TPSA) is 60.8 Å². The molecule has 0 aromatic heterocycles. The first-order valence-electron chi connectivity index (χ1n) is 6.04. The van der Waals surface area contributed by atoms with Gasteiger partial charge in [0, 0.05) is 25.2 Å². The van der Waals surface area contributed by atoms with Crippen molar-refractivity contribution in [3.8, 4) is 0 Å². The number of hydrogen-bond acceptors (Lipinski definition) is 3. The molecule has 1 heterocycles. The Labute approximate surface area is 106 Å². The molecule has 1 aromatic rings. The third kappa shape index (κ3) is 3.18. The summed E-state index contributed by atoms with van der Waals surface area (Å²) in [6.07, 6.45) is 1.74. The molecule has 1 aromatic carbocycles. The van der Waals surface area contributed by atoms with E-state index in [4.69, 9.17) is 5.11 Å². The normalized spacial score (nSPS) is 18.2. The molecule has 0 saturated heterocycles. The summed E-state index contributed by atoms with van der Waals surface area (Å²) < 4.78 is 0. The van der Waals surface area contributed by atoms with Gasteiger partial charge >= 0.3 is 5.97 Å². The second kappa shape index (κ2) is 5.80. The number of nitrogens with zero attached hydrogens (tertiary/aromatic N) is 1. The van der Waals surface area contributed by atoms with E-state index in [1.807, 2.05) is 30.3 Å². The first-order chi connectivity index (χ1) is 8.66. The smallest absolute Gasteiger partial charge is 0.331 e. The first-order valence-corrected chi connectivity index (χ1v) is 6.04. The molecule has 2 rings (SSSR count). The van der Waals surface area contributed by atoms with Gasteiger partial charge in [-0.25, -0.2) is 4.79 Å². The Kier molecular flexibility index (Phi) is 4.12. The van der Waals surface area contributed by atoms with Crippen molar-refractivity contribution in [1.82, 2.24) is 4.90 Å². The quantitative estimate of drug-likeness (QED) is 0.845. The van der Waals surface area contributed by atoms with Gasteiger partial charge in [0.15, 0.2) is 0 Å². The van der Waals surface area contributed by atoms with Gasteiger partial charge in [0.25, 0.3) is 0 Å². The molecule has 1 unspecified atom stereocenters. The Balaban J connectivity index is 1.91. The zero-order valence-electron chi connectivity index (χ0n) is 10.1. The molecule has 2 N–H and O–H groups in total. The second-order valence-corrected chi connectivity index (χ2v) is 4.47. The van der Waals surface area contributed by atoms with Gasteiger partial charge in [0.1, 0.15) is 0 Å². The van der Waals surface area contributed by atoms with Crippen LogP contribution in [0.5, 0.6) is 0 Å². The molecule has 4 nitrogen and oxygen atoms in total. The summed E-state index contributed by atoms with van der Waals surface area (Å²) in [6, 6.07) is 9.51. The molecule has 0 aliphatic carbocycles. The van der Waals surface area contributed by atoms with Crippen molar-refractivity contribution in [1.29, 1.82) is 0 Å². The highest BCUT2D eigenvalue weighted by Gasteiger charge is 2.18. The molecular formula is C14H17NO3. The largest absolute Gasteiger partial charge is 0.478 e. The molecule has 1 aliphatic heterocycles. The number of aliphatic hydroxyl groups excluding tert-OH is 1. The van der Waals surface area contributed by atoms with Gasteiger partial charge in [-0.3, -0.25) is 4.90 Å². The second-order valence-electron chi connectivity index (χ2n) is 4.47. The maximum Gasteiger partial charge on any atom is 0.331 e. The predicted molar refractivity (Wildman–Crippen MR) is 68.2 cm³/mol. The van der Waals surface area contributed by atoms with E-state index in [2.05, 4.69) is 4.90 Å². The summed E-state index contributed by atoms with van der Waals surface area (Å²) in [6.45, 7) is 1.81. The Hall–Kier alpha value is -1.65. The molecule has 0 saturated carbocycles. The average Bonchev–Trinajstić information content (AvgIpc) is 2.40. The summed E-state index contributed by atoms with van der Waals surface area (Å²) in [7, 11) is 0. The third-order valence-corrected chi connectivity index (χ3v) is 3.18. The van der Waals surface area contributed by atoms with Gasteiger partial charge < -0.3 is 10.2 Å². The number of rotatable bonds is 4. The van der Waals surface area contributed by atoms with Crippen LogP contribution in [0.1, 0.15) is 18.1 Å². The minimum absolute atomic E-state index is 0.473. The van der Waals surface area contributed by atoms with Crippen LogP contribution in [0.2, 0.25) is 0 Å². The van der Waals surface area contributed by atoms with Crippen LogP contribution in [-0.4, -0.2) is 40.7 Å². The maximum atomic E-state index is 10.8. The highest BCUT2D eigenvalue weighted by Crippen LogP contribution is 2.17. The highest BCUT2D eigenvalue weighted by atomic mass is 16.4. The Bertz CT molecular complexity index is 442. The lowest BCUT2D eigenvalue weighted by Crippen LogP contribution is -2.33. The van der Waals surface area contributed by atoms with Gasteiger partial charge in [0.05, 0.1) is 6.10 Å². The fraction of sp³-hybridized carbons (Fsp3) is 0.357. The molecule has 4 heteroatoms. The summed E-state index contributed by atoms with van der Waals surface area (Å²) in [4.78, 5) is 12.8. The standard InChI is InChI=1S/C14H17NO3/c16-13(11-4-2-1-3-5-11)10-15-8-6-12(7-9-15)14(17)18/h1-6,13,16H,7-10H2,(H,17,18). The van der Waals surface area contributed by atoms with E-state index >= 15 is 0 Å². The summed E-state index contributed by atoms with van der Waals surface area (Å²) in [5.74, 6) is -0.835. The van der Waals surface area contributed by atoms with Crippen LogP contribution in [0.25, 0.3) is 0 Å². The zero-order chi connectivity index (χ0) is 13.0. The number of hydrogen-bond donors (Lipinski definition) is 2. The van der Waals surface area contributed by atoms with Crippen LogP contribution in [0.4, 0.5) is 0 Å². The van der Waals surface area contributed by atoms with E-state index in [9.17, 15) is 9.90 Å². The van der Waals surface area contributed by atoms with Gasteiger partial charge in [-0.1, -0.05) is 36.4 Å². The van der Waals surface area contributed by atoms with Crippen molar-refractivity contribution in [2.45, 2.75) is 12.5 Å². The van der Waals surface area contributed by atoms with Crippen molar-refractivity contribution in [3.05, 3.63) is 47.5 Å². The number of aliphatic hydroxyl groups is 1. The monoisotopic (exact) mass is 247 g/mol. The van der Waals surface area contributed by atoms with Crippen molar-refractivity contribution >= 4 is 5.97 Å². The lowest BCUT2D eigenvalue weighted by atomic mass is 10.1.